The summed E-state index contributed by atoms with van der Waals surface area (Å²) in [5.74, 6) is 1.14. The Bertz CT molecular complexity index is 512. The van der Waals surface area contributed by atoms with Crippen LogP contribution in [0.4, 0.5) is 5.82 Å². The van der Waals surface area contributed by atoms with E-state index < -0.39 is 5.72 Å². The molecule has 0 spiro atoms. The third kappa shape index (κ3) is 2.03. The fourth-order valence-electron chi connectivity index (χ4n) is 1.66. The van der Waals surface area contributed by atoms with Crippen LogP contribution in [0.2, 0.25) is 5.28 Å². The Balaban J connectivity index is 2.37. The molecule has 1 aliphatic heterocycles. The first-order valence-electron chi connectivity index (χ1n) is 5.04. The highest BCUT2D eigenvalue weighted by Crippen LogP contribution is 2.38. The van der Waals surface area contributed by atoms with Gasteiger partial charge in [0, 0.05) is 5.57 Å². The van der Waals surface area contributed by atoms with Crippen LogP contribution in [0, 0.1) is 0 Å². The van der Waals surface area contributed by atoms with Crippen molar-refractivity contribution in [3.8, 4) is 5.75 Å². The summed E-state index contributed by atoms with van der Waals surface area (Å²) in [6.07, 6.45) is 6.74. The van der Waals surface area contributed by atoms with Gasteiger partial charge < -0.3 is 10.1 Å². The number of halogens is 1. The van der Waals surface area contributed by atoms with Crippen molar-refractivity contribution in [2.45, 2.75) is 12.6 Å². The van der Waals surface area contributed by atoms with Gasteiger partial charge >= 0.3 is 0 Å². The van der Waals surface area contributed by atoms with Crippen molar-refractivity contribution in [1.29, 1.82) is 0 Å². The summed E-state index contributed by atoms with van der Waals surface area (Å²) < 4.78 is 5.77. The van der Waals surface area contributed by atoms with Crippen LogP contribution in [0.1, 0.15) is 6.92 Å². The van der Waals surface area contributed by atoms with E-state index in [-0.39, 0.29) is 5.28 Å². The minimum Gasteiger partial charge on any atom is -0.459 e. The fraction of sp³-hybridized carbons (Fsp3) is 0.167. The van der Waals surface area contributed by atoms with Crippen LogP contribution in [-0.2, 0) is 0 Å². The maximum absolute atomic E-state index is 5.77. The van der Waals surface area contributed by atoms with Crippen LogP contribution in [0.15, 0.2) is 43.2 Å². The highest BCUT2D eigenvalue weighted by Gasteiger charge is 2.37. The molecule has 0 aliphatic carbocycles. The molecule has 1 atom stereocenters. The third-order valence-electron chi connectivity index (χ3n) is 2.46. The lowest BCUT2D eigenvalue weighted by Crippen LogP contribution is -2.38. The smallest absolute Gasteiger partial charge is 0.224 e. The minimum absolute atomic E-state index is 0.178. The third-order valence-corrected chi connectivity index (χ3v) is 2.65. The highest BCUT2D eigenvalue weighted by molar-refractivity contribution is 6.28. The number of allylic oxidation sites excluding steroid dienone is 2. The van der Waals surface area contributed by atoms with Crippen LogP contribution >= 0.6 is 11.6 Å². The number of anilines is 1. The van der Waals surface area contributed by atoms with Gasteiger partial charge in [0.25, 0.3) is 0 Å². The highest BCUT2D eigenvalue weighted by atomic mass is 35.5. The summed E-state index contributed by atoms with van der Waals surface area (Å²) in [4.78, 5) is 7.93. The van der Waals surface area contributed by atoms with E-state index in [2.05, 4.69) is 28.4 Å². The molecular formula is C12H12ClN3O. The molecule has 2 rings (SSSR count). The monoisotopic (exact) mass is 249 g/mol. The molecule has 2 heterocycles. The predicted octanol–water partition coefficient (Wildman–Crippen LogP) is 2.95. The molecule has 88 valence electrons. The van der Waals surface area contributed by atoms with Crippen molar-refractivity contribution in [2.24, 2.45) is 0 Å². The molecule has 0 saturated heterocycles. The molecule has 4 nitrogen and oxygen atoms in total. The predicted molar refractivity (Wildman–Crippen MR) is 68.2 cm³/mol. The number of aromatic nitrogens is 2. The second-order valence-corrected chi connectivity index (χ2v) is 4.01. The van der Waals surface area contributed by atoms with Crippen molar-refractivity contribution in [1.82, 2.24) is 9.97 Å². The van der Waals surface area contributed by atoms with E-state index in [4.69, 9.17) is 16.3 Å². The van der Waals surface area contributed by atoms with E-state index in [1.165, 1.54) is 6.20 Å². The molecule has 5 heteroatoms. The summed E-state index contributed by atoms with van der Waals surface area (Å²) >= 11 is 5.72. The van der Waals surface area contributed by atoms with Crippen molar-refractivity contribution >= 4 is 17.4 Å². The van der Waals surface area contributed by atoms with Gasteiger partial charge in [-0.2, -0.15) is 4.98 Å². The van der Waals surface area contributed by atoms with E-state index in [0.717, 1.165) is 5.57 Å². The van der Waals surface area contributed by atoms with Crippen LogP contribution < -0.4 is 10.1 Å². The zero-order valence-corrected chi connectivity index (χ0v) is 10.2. The maximum atomic E-state index is 5.77. The van der Waals surface area contributed by atoms with Gasteiger partial charge in [-0.3, -0.25) is 0 Å². The van der Waals surface area contributed by atoms with E-state index in [1.807, 2.05) is 13.0 Å². The summed E-state index contributed by atoms with van der Waals surface area (Å²) in [5, 5.41) is 3.32. The summed E-state index contributed by atoms with van der Waals surface area (Å²) in [5.41, 5.74) is 0.124. The molecule has 17 heavy (non-hydrogen) atoms. The first-order valence-corrected chi connectivity index (χ1v) is 5.42. The average molecular weight is 250 g/mol. The number of nitrogens with zero attached hydrogens (tertiary/aromatic N) is 2. The van der Waals surface area contributed by atoms with Gasteiger partial charge in [0.15, 0.2) is 11.6 Å². The van der Waals surface area contributed by atoms with Gasteiger partial charge in [0.1, 0.15) is 0 Å². The lowest BCUT2D eigenvalue weighted by Gasteiger charge is -2.25. The fourth-order valence-corrected chi connectivity index (χ4v) is 1.80. The standard InChI is InChI=1S/C12H12ClN3O/c1-4-6-8(5-2)12(3)16-10-9(17-12)7-14-11(13)15-10/h4-7H,1-2H2,3H3,(H,14,15,16)/b8-6+. The SMILES string of the molecule is C=C/C=C(\C=C)C1(C)Nc2nc(Cl)ncc2O1. The van der Waals surface area contributed by atoms with Gasteiger partial charge in [0.2, 0.25) is 11.0 Å². The van der Waals surface area contributed by atoms with Crippen LogP contribution in [0.25, 0.3) is 0 Å². The van der Waals surface area contributed by atoms with Crippen molar-refractivity contribution in [2.75, 3.05) is 5.32 Å². The Hall–Kier alpha value is -1.81. The van der Waals surface area contributed by atoms with Gasteiger partial charge in [-0.1, -0.05) is 31.4 Å². The Kier molecular flexibility index (Phi) is 2.90. The van der Waals surface area contributed by atoms with E-state index >= 15 is 0 Å². The Morgan fingerprint density at radius 2 is 2.35 bits per heavy atom. The van der Waals surface area contributed by atoms with Crippen LogP contribution in [0.3, 0.4) is 0 Å². The lowest BCUT2D eigenvalue weighted by atomic mass is 10.1. The summed E-state index contributed by atoms with van der Waals surface area (Å²) in [6, 6.07) is 0. The normalized spacial score (nSPS) is 22.4. The molecule has 1 aromatic rings. The van der Waals surface area contributed by atoms with E-state index in [1.54, 1.807) is 12.2 Å². The molecular weight excluding hydrogens is 238 g/mol. The molecule has 0 bridgehead atoms. The number of ether oxygens (including phenoxy) is 1. The van der Waals surface area contributed by atoms with Gasteiger partial charge in [0.05, 0.1) is 6.20 Å². The Morgan fingerprint density at radius 1 is 1.59 bits per heavy atom. The first kappa shape index (κ1) is 11.7. The molecule has 1 aliphatic rings. The second-order valence-electron chi connectivity index (χ2n) is 3.67. The topological polar surface area (TPSA) is 47.0 Å². The minimum atomic E-state index is -0.725. The molecule has 0 radical (unpaired) electrons. The van der Waals surface area contributed by atoms with Gasteiger partial charge in [-0.15, -0.1) is 0 Å². The number of rotatable bonds is 3. The van der Waals surface area contributed by atoms with Crippen molar-refractivity contribution in [3.63, 3.8) is 0 Å². The Morgan fingerprint density at radius 3 is 3.00 bits per heavy atom. The van der Waals surface area contributed by atoms with Crippen molar-refractivity contribution < 1.29 is 4.74 Å². The molecule has 0 saturated carbocycles. The summed E-state index contributed by atoms with van der Waals surface area (Å²) in [6.45, 7) is 9.28. The zero-order valence-electron chi connectivity index (χ0n) is 9.40. The Labute approximate surface area is 105 Å². The van der Waals surface area contributed by atoms with Gasteiger partial charge in [-0.05, 0) is 18.5 Å². The average Bonchev–Trinajstić information content (AvgIpc) is 2.62. The van der Waals surface area contributed by atoms with E-state index in [9.17, 15) is 0 Å². The molecule has 0 aromatic carbocycles. The van der Waals surface area contributed by atoms with Crippen LogP contribution in [-0.4, -0.2) is 15.7 Å². The number of hydrogen-bond donors (Lipinski definition) is 1. The molecule has 0 fully saturated rings. The molecule has 1 aromatic heterocycles. The van der Waals surface area contributed by atoms with Crippen LogP contribution in [0.5, 0.6) is 5.75 Å². The molecule has 1 unspecified atom stereocenters. The number of nitrogens with one attached hydrogen (secondary N) is 1. The largest absolute Gasteiger partial charge is 0.459 e. The van der Waals surface area contributed by atoms with E-state index in [0.29, 0.717) is 11.6 Å². The maximum Gasteiger partial charge on any atom is 0.224 e. The lowest BCUT2D eigenvalue weighted by molar-refractivity contribution is 0.183. The number of fused-ring (bicyclic) bond motifs is 1. The first-order chi connectivity index (χ1) is 8.09. The zero-order chi connectivity index (χ0) is 12.5. The van der Waals surface area contributed by atoms with Crippen molar-refractivity contribution in [3.05, 3.63) is 48.4 Å². The molecule has 1 N–H and O–H groups in total. The second kappa shape index (κ2) is 4.22. The summed E-state index contributed by atoms with van der Waals surface area (Å²) in [7, 11) is 0. The number of hydrogen-bond acceptors (Lipinski definition) is 4. The quantitative estimate of drug-likeness (QED) is 0.661. The molecule has 0 amide bonds. The van der Waals surface area contributed by atoms with Gasteiger partial charge in [-0.25, -0.2) is 4.98 Å².